The van der Waals surface area contributed by atoms with Gasteiger partial charge in [0.1, 0.15) is 5.92 Å². The Bertz CT molecular complexity index is 1080. The number of hydrogen-bond acceptors (Lipinski definition) is 6. The van der Waals surface area contributed by atoms with Crippen LogP contribution in [0, 0.1) is 5.92 Å². The lowest BCUT2D eigenvalue weighted by molar-refractivity contribution is -0.193. The summed E-state index contributed by atoms with van der Waals surface area (Å²) in [5.74, 6) is -3.09. The number of rotatable bonds is 11. The molecule has 0 aliphatic carbocycles. The van der Waals surface area contributed by atoms with E-state index in [4.69, 9.17) is 14.2 Å². The van der Waals surface area contributed by atoms with Crippen LogP contribution in [0.3, 0.4) is 0 Å². The van der Waals surface area contributed by atoms with Gasteiger partial charge in [0.05, 0.1) is 20.3 Å². The zero-order valence-electron chi connectivity index (χ0n) is 19.3. The second kappa shape index (κ2) is 11.9. The molecule has 176 valence electrons. The van der Waals surface area contributed by atoms with Crippen molar-refractivity contribution in [2.24, 2.45) is 5.92 Å². The van der Waals surface area contributed by atoms with Gasteiger partial charge in [-0.1, -0.05) is 91.0 Å². The van der Waals surface area contributed by atoms with Crippen molar-refractivity contribution in [3.05, 3.63) is 108 Å². The third-order valence-corrected chi connectivity index (χ3v) is 5.55. The highest BCUT2D eigenvalue weighted by Crippen LogP contribution is 2.40. The van der Waals surface area contributed by atoms with Crippen molar-refractivity contribution in [2.45, 2.75) is 25.6 Å². The summed E-state index contributed by atoms with van der Waals surface area (Å²) in [7, 11) is 1.23. The van der Waals surface area contributed by atoms with E-state index in [0.29, 0.717) is 11.1 Å². The Hall–Kier alpha value is -3.77. The average Bonchev–Trinajstić information content (AvgIpc) is 2.89. The van der Waals surface area contributed by atoms with E-state index in [9.17, 15) is 14.4 Å². The minimum absolute atomic E-state index is 0.0142. The van der Waals surface area contributed by atoms with Crippen molar-refractivity contribution in [1.29, 1.82) is 0 Å². The van der Waals surface area contributed by atoms with Crippen LogP contribution < -0.4 is 0 Å². The van der Waals surface area contributed by atoms with E-state index in [-0.39, 0.29) is 25.4 Å². The maximum absolute atomic E-state index is 13.5. The molecule has 34 heavy (non-hydrogen) atoms. The molecule has 3 aromatic carbocycles. The molecule has 0 amide bonds. The molecule has 0 aromatic heterocycles. The van der Waals surface area contributed by atoms with Crippen LogP contribution in [0.1, 0.15) is 34.8 Å². The second-order valence-electron chi connectivity index (χ2n) is 7.67. The molecular formula is C28H28O6. The fourth-order valence-electron chi connectivity index (χ4n) is 3.88. The Morgan fingerprint density at radius 2 is 1.38 bits per heavy atom. The smallest absolute Gasteiger partial charge is 0.343 e. The van der Waals surface area contributed by atoms with E-state index >= 15 is 0 Å². The van der Waals surface area contributed by atoms with Crippen LogP contribution in [-0.4, -0.2) is 31.4 Å². The van der Waals surface area contributed by atoms with E-state index < -0.39 is 23.5 Å². The lowest BCUT2D eigenvalue weighted by Crippen LogP contribution is -2.50. The van der Waals surface area contributed by atoms with Crippen molar-refractivity contribution in [3.63, 3.8) is 0 Å². The summed E-state index contributed by atoms with van der Waals surface area (Å²) in [5, 5.41) is 0. The Morgan fingerprint density at radius 1 is 0.824 bits per heavy atom. The lowest BCUT2D eigenvalue weighted by Gasteiger charge is -2.37. The molecule has 0 spiro atoms. The van der Waals surface area contributed by atoms with Crippen molar-refractivity contribution in [3.8, 4) is 0 Å². The number of Topliss-reactive ketones (excluding diaryl/α,β-unsaturated/α-hetero) is 1. The van der Waals surface area contributed by atoms with Crippen molar-refractivity contribution < 1.29 is 28.6 Å². The molecule has 2 atom stereocenters. The van der Waals surface area contributed by atoms with Gasteiger partial charge in [0.2, 0.25) is 5.60 Å². The van der Waals surface area contributed by atoms with Gasteiger partial charge in [-0.15, -0.1) is 0 Å². The van der Waals surface area contributed by atoms with Gasteiger partial charge < -0.3 is 14.2 Å². The maximum Gasteiger partial charge on any atom is 0.343 e. The lowest BCUT2D eigenvalue weighted by atomic mass is 9.77. The molecule has 0 aliphatic heterocycles. The number of hydrogen-bond donors (Lipinski definition) is 0. The quantitative estimate of drug-likeness (QED) is 0.304. The molecule has 0 unspecified atom stereocenters. The van der Waals surface area contributed by atoms with Crippen LogP contribution in [-0.2, 0) is 36.0 Å². The molecule has 0 saturated heterocycles. The first kappa shape index (κ1) is 24.9. The highest BCUT2D eigenvalue weighted by atomic mass is 16.6. The summed E-state index contributed by atoms with van der Waals surface area (Å²) in [6, 6.07) is 26.5. The highest BCUT2D eigenvalue weighted by Gasteiger charge is 2.54. The molecule has 0 N–H and O–H groups in total. The minimum Gasteiger partial charge on any atom is -0.467 e. The summed E-state index contributed by atoms with van der Waals surface area (Å²) in [5.41, 5.74) is -0.283. The first-order valence-electron chi connectivity index (χ1n) is 11.1. The summed E-state index contributed by atoms with van der Waals surface area (Å²) in [6.07, 6.45) is -0.304. The van der Waals surface area contributed by atoms with Gasteiger partial charge in [-0.2, -0.15) is 0 Å². The number of esters is 2. The van der Waals surface area contributed by atoms with Crippen molar-refractivity contribution in [2.75, 3.05) is 13.7 Å². The predicted octanol–water partition coefficient (Wildman–Crippen LogP) is 4.72. The van der Waals surface area contributed by atoms with Crippen LogP contribution in [0.25, 0.3) is 0 Å². The Balaban J connectivity index is 2.13. The van der Waals surface area contributed by atoms with Gasteiger partial charge in [0, 0.05) is 12.0 Å². The summed E-state index contributed by atoms with van der Waals surface area (Å²) in [4.78, 5) is 40.0. The number of carbonyl (C=O) groups excluding carboxylic acids is 3. The van der Waals surface area contributed by atoms with E-state index in [2.05, 4.69) is 0 Å². The van der Waals surface area contributed by atoms with E-state index in [1.807, 2.05) is 30.3 Å². The number of carbonyl (C=O) groups is 3. The molecule has 0 radical (unpaired) electrons. The normalized spacial score (nSPS) is 13.4. The fraction of sp³-hybridized carbons (Fsp3) is 0.250. The van der Waals surface area contributed by atoms with Crippen LogP contribution >= 0.6 is 0 Å². The topological polar surface area (TPSA) is 78.9 Å². The van der Waals surface area contributed by atoms with Crippen LogP contribution in [0.4, 0.5) is 0 Å². The zero-order chi connectivity index (χ0) is 24.4. The van der Waals surface area contributed by atoms with Gasteiger partial charge in [-0.25, -0.2) is 4.79 Å². The monoisotopic (exact) mass is 460 g/mol. The van der Waals surface area contributed by atoms with Crippen molar-refractivity contribution >= 4 is 17.7 Å². The summed E-state index contributed by atoms with van der Waals surface area (Å²) >= 11 is 0. The highest BCUT2D eigenvalue weighted by molar-refractivity contribution is 6.00. The maximum atomic E-state index is 13.5. The Morgan fingerprint density at radius 3 is 1.94 bits per heavy atom. The molecule has 0 bridgehead atoms. The van der Waals surface area contributed by atoms with E-state index in [1.165, 1.54) is 7.11 Å². The molecule has 0 saturated carbocycles. The predicted molar refractivity (Wildman–Crippen MR) is 127 cm³/mol. The summed E-state index contributed by atoms with van der Waals surface area (Å²) < 4.78 is 16.8. The molecular weight excluding hydrogens is 432 g/mol. The third kappa shape index (κ3) is 5.58. The van der Waals surface area contributed by atoms with Crippen LogP contribution in [0.2, 0.25) is 0 Å². The largest absolute Gasteiger partial charge is 0.467 e. The number of ketones is 1. The van der Waals surface area contributed by atoms with Gasteiger partial charge in [-0.3, -0.25) is 9.59 Å². The SMILES string of the molecule is CCOC(=O)[C@@H](CC(=O)c1ccccc1)[C@](OCc1ccccc1)(C(=O)OC)c1ccccc1. The molecule has 6 heteroatoms. The summed E-state index contributed by atoms with van der Waals surface area (Å²) in [6.45, 7) is 1.76. The van der Waals surface area contributed by atoms with Gasteiger partial charge in [0.25, 0.3) is 0 Å². The Labute approximate surface area is 199 Å². The average molecular weight is 461 g/mol. The standard InChI is InChI=1S/C28H28O6/c1-3-33-26(30)24(19-25(29)22-15-9-5-10-16-22)28(27(31)32-2,23-17-11-6-12-18-23)34-20-21-13-7-4-8-14-21/h4-18,24H,3,19-20H2,1-2H3/t24-,28+/m1/s1. The van der Waals surface area contributed by atoms with Gasteiger partial charge >= 0.3 is 11.9 Å². The van der Waals surface area contributed by atoms with Crippen molar-refractivity contribution in [1.82, 2.24) is 0 Å². The van der Waals surface area contributed by atoms with Gasteiger partial charge in [0.15, 0.2) is 5.78 Å². The molecule has 0 fully saturated rings. The first-order chi connectivity index (χ1) is 16.5. The third-order valence-electron chi connectivity index (χ3n) is 5.55. The second-order valence-corrected chi connectivity index (χ2v) is 7.67. The molecule has 6 nitrogen and oxygen atoms in total. The molecule has 3 aromatic rings. The Kier molecular flexibility index (Phi) is 8.71. The molecule has 3 rings (SSSR count). The fourth-order valence-corrected chi connectivity index (χ4v) is 3.88. The minimum atomic E-state index is -1.90. The number of ether oxygens (including phenoxy) is 3. The first-order valence-corrected chi connectivity index (χ1v) is 11.1. The number of benzene rings is 3. The van der Waals surface area contributed by atoms with Gasteiger partial charge in [-0.05, 0) is 18.1 Å². The van der Waals surface area contributed by atoms with E-state index in [1.54, 1.807) is 67.6 Å². The zero-order valence-corrected chi connectivity index (χ0v) is 19.3. The molecule has 0 heterocycles. The number of methoxy groups -OCH3 is 1. The van der Waals surface area contributed by atoms with Crippen LogP contribution in [0.5, 0.6) is 0 Å². The van der Waals surface area contributed by atoms with E-state index in [0.717, 1.165) is 5.56 Å². The molecule has 0 aliphatic rings. The van der Waals surface area contributed by atoms with Crippen LogP contribution in [0.15, 0.2) is 91.0 Å².